The molecule has 15 heavy (non-hydrogen) atoms. The summed E-state index contributed by atoms with van der Waals surface area (Å²) in [5.41, 5.74) is 1.26. The van der Waals surface area contributed by atoms with Crippen LogP contribution < -0.4 is 4.74 Å². The third-order valence-electron chi connectivity index (χ3n) is 2.34. The number of halogens is 1. The maximum Gasteiger partial charge on any atom is 0.178 e. The third-order valence-corrected chi connectivity index (χ3v) is 4.02. The van der Waals surface area contributed by atoms with Gasteiger partial charge in [-0.1, -0.05) is 29.5 Å². The second kappa shape index (κ2) is 3.71. The van der Waals surface area contributed by atoms with E-state index < -0.39 is 0 Å². The van der Waals surface area contributed by atoms with Gasteiger partial charge in [0, 0.05) is 6.42 Å². The molecule has 76 valence electrons. The van der Waals surface area contributed by atoms with Crippen LogP contribution in [0.2, 0.25) is 0 Å². The molecule has 3 nitrogen and oxygen atoms in total. The van der Waals surface area contributed by atoms with Crippen molar-refractivity contribution in [1.29, 1.82) is 0 Å². The minimum atomic E-state index is 0.0587. The molecule has 1 atom stereocenters. The highest BCUT2D eigenvalue weighted by molar-refractivity contribution is 14.1. The minimum Gasteiger partial charge on any atom is -0.483 e. The molecular weight excluding hydrogens is 323 g/mol. The summed E-state index contributed by atoms with van der Waals surface area (Å²) in [7, 11) is 0. The van der Waals surface area contributed by atoms with Crippen LogP contribution in [0.3, 0.4) is 0 Å². The van der Waals surface area contributed by atoms with Crippen LogP contribution in [-0.2, 0) is 6.42 Å². The van der Waals surface area contributed by atoms with Crippen molar-refractivity contribution in [2.45, 2.75) is 12.5 Å². The van der Waals surface area contributed by atoms with Gasteiger partial charge in [-0.3, -0.25) is 0 Å². The first-order valence-corrected chi connectivity index (χ1v) is 6.46. The van der Waals surface area contributed by atoms with Crippen LogP contribution >= 0.6 is 33.9 Å². The molecule has 0 fully saturated rings. The highest BCUT2D eigenvalue weighted by atomic mass is 127. The molecule has 1 aliphatic rings. The number of aromatic nitrogens is 2. The maximum atomic E-state index is 5.81. The van der Waals surface area contributed by atoms with E-state index in [9.17, 15) is 0 Å². The molecule has 1 aromatic heterocycles. The smallest absolute Gasteiger partial charge is 0.178 e. The SMILES string of the molecule is Ic1nnc(C2Cc3ccccc3O2)s1. The van der Waals surface area contributed by atoms with E-state index in [1.807, 2.05) is 18.2 Å². The number of nitrogens with zero attached hydrogens (tertiary/aromatic N) is 2. The topological polar surface area (TPSA) is 35.0 Å². The van der Waals surface area contributed by atoms with E-state index >= 15 is 0 Å². The zero-order valence-electron chi connectivity index (χ0n) is 7.68. The first kappa shape index (κ1) is 9.53. The first-order valence-electron chi connectivity index (χ1n) is 4.56. The van der Waals surface area contributed by atoms with Gasteiger partial charge in [-0.05, 0) is 34.2 Å². The van der Waals surface area contributed by atoms with Gasteiger partial charge in [-0.15, -0.1) is 10.2 Å². The third kappa shape index (κ3) is 1.74. The predicted octanol–water partition coefficient (Wildman–Crippen LogP) is 2.82. The van der Waals surface area contributed by atoms with Gasteiger partial charge in [0.25, 0.3) is 0 Å². The van der Waals surface area contributed by atoms with Gasteiger partial charge in [0.15, 0.2) is 14.1 Å². The van der Waals surface area contributed by atoms with Gasteiger partial charge < -0.3 is 4.74 Å². The zero-order chi connectivity index (χ0) is 10.3. The molecule has 0 saturated heterocycles. The Bertz CT molecular complexity index is 475. The molecule has 1 aromatic carbocycles. The minimum absolute atomic E-state index is 0.0587. The van der Waals surface area contributed by atoms with E-state index in [4.69, 9.17) is 4.74 Å². The molecule has 2 heterocycles. The molecule has 3 rings (SSSR count). The number of para-hydroxylation sites is 1. The number of benzene rings is 1. The van der Waals surface area contributed by atoms with Crippen molar-refractivity contribution in [2.75, 3.05) is 0 Å². The van der Waals surface area contributed by atoms with Crippen LogP contribution in [-0.4, -0.2) is 10.2 Å². The normalized spacial score (nSPS) is 18.6. The van der Waals surface area contributed by atoms with Crippen molar-refractivity contribution in [2.24, 2.45) is 0 Å². The van der Waals surface area contributed by atoms with Crippen LogP contribution in [0.4, 0.5) is 0 Å². The summed E-state index contributed by atoms with van der Waals surface area (Å²) in [5.74, 6) is 0.979. The number of hydrogen-bond acceptors (Lipinski definition) is 4. The molecule has 5 heteroatoms. The summed E-state index contributed by atoms with van der Waals surface area (Å²) >= 11 is 3.77. The zero-order valence-corrected chi connectivity index (χ0v) is 10.7. The van der Waals surface area contributed by atoms with E-state index in [0.29, 0.717) is 0 Å². The Kier molecular flexibility index (Phi) is 2.36. The Labute approximate surface area is 105 Å². The first-order chi connectivity index (χ1) is 7.33. The summed E-state index contributed by atoms with van der Waals surface area (Å²) in [6.07, 6.45) is 0.963. The Morgan fingerprint density at radius 3 is 2.93 bits per heavy atom. The van der Waals surface area contributed by atoms with Crippen molar-refractivity contribution in [1.82, 2.24) is 10.2 Å². The lowest BCUT2D eigenvalue weighted by Crippen LogP contribution is -2.02. The average molecular weight is 330 g/mol. The fourth-order valence-electron chi connectivity index (χ4n) is 1.67. The summed E-state index contributed by atoms with van der Waals surface area (Å²) in [4.78, 5) is 0. The van der Waals surface area contributed by atoms with Crippen LogP contribution in [0, 0.1) is 3.01 Å². The lowest BCUT2D eigenvalue weighted by atomic mass is 10.1. The Balaban J connectivity index is 1.90. The predicted molar refractivity (Wildman–Crippen MR) is 66.1 cm³/mol. The van der Waals surface area contributed by atoms with Crippen LogP contribution in [0.1, 0.15) is 16.7 Å². The van der Waals surface area contributed by atoms with Gasteiger partial charge in [0.1, 0.15) is 5.75 Å². The summed E-state index contributed by atoms with van der Waals surface area (Å²) in [5, 5.41) is 9.08. The van der Waals surface area contributed by atoms with Gasteiger partial charge in [0.05, 0.1) is 0 Å². The molecule has 0 aliphatic carbocycles. The highest BCUT2D eigenvalue weighted by Gasteiger charge is 2.26. The van der Waals surface area contributed by atoms with Crippen molar-refractivity contribution >= 4 is 33.9 Å². The van der Waals surface area contributed by atoms with Gasteiger partial charge in [-0.25, -0.2) is 0 Å². The molecule has 0 spiro atoms. The van der Waals surface area contributed by atoms with Crippen LogP contribution in [0.25, 0.3) is 0 Å². The second-order valence-electron chi connectivity index (χ2n) is 3.31. The molecule has 1 unspecified atom stereocenters. The molecule has 0 bridgehead atoms. The Hall–Kier alpha value is -0.690. The lowest BCUT2D eigenvalue weighted by molar-refractivity contribution is 0.237. The molecule has 0 radical (unpaired) electrons. The standard InChI is InChI=1S/C10H7IN2OS/c11-10-13-12-9(15-10)8-5-6-3-1-2-4-7(6)14-8/h1-4,8H,5H2. The Morgan fingerprint density at radius 2 is 2.20 bits per heavy atom. The molecular formula is C10H7IN2OS. The number of hydrogen-bond donors (Lipinski definition) is 0. The maximum absolute atomic E-state index is 5.81. The monoisotopic (exact) mass is 330 g/mol. The number of ether oxygens (including phenoxy) is 1. The molecule has 1 aliphatic heterocycles. The number of fused-ring (bicyclic) bond motifs is 1. The van der Waals surface area contributed by atoms with Crippen LogP contribution in [0.15, 0.2) is 24.3 Å². The van der Waals surface area contributed by atoms with Crippen LogP contribution in [0.5, 0.6) is 5.75 Å². The van der Waals surface area contributed by atoms with E-state index in [-0.39, 0.29) is 6.10 Å². The van der Waals surface area contributed by atoms with E-state index in [0.717, 1.165) is 20.2 Å². The lowest BCUT2D eigenvalue weighted by Gasteiger charge is -2.04. The van der Waals surface area contributed by atoms with E-state index in [2.05, 4.69) is 38.9 Å². The molecule has 0 saturated carbocycles. The number of rotatable bonds is 1. The van der Waals surface area contributed by atoms with Crippen molar-refractivity contribution in [3.8, 4) is 5.75 Å². The van der Waals surface area contributed by atoms with Gasteiger partial charge in [0.2, 0.25) is 0 Å². The highest BCUT2D eigenvalue weighted by Crippen LogP contribution is 2.37. The van der Waals surface area contributed by atoms with Gasteiger partial charge in [-0.2, -0.15) is 0 Å². The fourth-order valence-corrected chi connectivity index (χ4v) is 3.05. The molecule has 2 aromatic rings. The molecule has 0 N–H and O–H groups in total. The fraction of sp³-hybridized carbons (Fsp3) is 0.200. The van der Waals surface area contributed by atoms with Crippen molar-refractivity contribution < 1.29 is 4.74 Å². The van der Waals surface area contributed by atoms with E-state index in [1.165, 1.54) is 5.56 Å². The quantitative estimate of drug-likeness (QED) is 0.754. The molecule has 0 amide bonds. The second-order valence-corrected chi connectivity index (χ2v) is 6.07. The largest absolute Gasteiger partial charge is 0.483 e. The average Bonchev–Trinajstić information content (AvgIpc) is 2.82. The van der Waals surface area contributed by atoms with E-state index in [1.54, 1.807) is 11.3 Å². The van der Waals surface area contributed by atoms with Crippen molar-refractivity contribution in [3.63, 3.8) is 0 Å². The van der Waals surface area contributed by atoms with Crippen molar-refractivity contribution in [3.05, 3.63) is 37.9 Å². The van der Waals surface area contributed by atoms with Gasteiger partial charge >= 0.3 is 0 Å². The Morgan fingerprint density at radius 1 is 1.33 bits per heavy atom. The summed E-state index contributed by atoms with van der Waals surface area (Å²) < 4.78 is 6.77. The summed E-state index contributed by atoms with van der Waals surface area (Å²) in [6.45, 7) is 0. The summed E-state index contributed by atoms with van der Waals surface area (Å²) in [6, 6.07) is 8.13.